The summed E-state index contributed by atoms with van der Waals surface area (Å²) in [6, 6.07) is 7.46. The Balaban J connectivity index is 2.11. The predicted octanol–water partition coefficient (Wildman–Crippen LogP) is 4.48. The lowest BCUT2D eigenvalue weighted by atomic mass is 10.2. The Labute approximate surface area is 143 Å². The van der Waals surface area contributed by atoms with Crippen LogP contribution in [-0.2, 0) is 11.0 Å². The first-order valence-electron chi connectivity index (χ1n) is 6.71. The van der Waals surface area contributed by atoms with E-state index in [-0.39, 0.29) is 16.3 Å². The van der Waals surface area contributed by atoms with Crippen molar-refractivity contribution in [3.05, 3.63) is 64.0 Å². The van der Waals surface area contributed by atoms with Crippen LogP contribution < -0.4 is 5.32 Å². The van der Waals surface area contributed by atoms with Gasteiger partial charge in [0, 0.05) is 6.07 Å². The molecule has 0 radical (unpaired) electrons. The van der Waals surface area contributed by atoms with Crippen molar-refractivity contribution >= 4 is 29.0 Å². The maximum Gasteiger partial charge on any atom is 0.416 e. The maximum atomic E-state index is 13.4. The van der Waals surface area contributed by atoms with Gasteiger partial charge in [-0.2, -0.15) is 13.2 Å². The number of para-hydroxylation sites is 1. The Morgan fingerprint density at radius 2 is 1.88 bits per heavy atom. The first-order chi connectivity index (χ1) is 11.7. The number of nitro benzene ring substituents is 1. The summed E-state index contributed by atoms with van der Waals surface area (Å²) < 4.78 is 51.3. The minimum atomic E-state index is -4.71. The molecule has 0 fully saturated rings. The standard InChI is InChI=1S/C15H10F4N2O3S/c16-10-3-1-2-4-11(10)20-14(22)8-25-13-6-5-9(15(17,18)19)7-12(13)21(23)24/h1-7H,8H2,(H,20,22). The molecule has 2 aromatic carbocycles. The quantitative estimate of drug-likeness (QED) is 0.362. The molecule has 25 heavy (non-hydrogen) atoms. The van der Waals surface area contributed by atoms with E-state index in [4.69, 9.17) is 0 Å². The van der Waals surface area contributed by atoms with Crippen LogP contribution in [0, 0.1) is 15.9 Å². The molecule has 5 nitrogen and oxygen atoms in total. The number of nitrogens with one attached hydrogen (secondary N) is 1. The van der Waals surface area contributed by atoms with Gasteiger partial charge in [0.25, 0.3) is 5.69 Å². The van der Waals surface area contributed by atoms with Crippen LogP contribution in [0.1, 0.15) is 5.56 Å². The monoisotopic (exact) mass is 374 g/mol. The van der Waals surface area contributed by atoms with Crippen molar-refractivity contribution in [3.63, 3.8) is 0 Å². The second-order valence-corrected chi connectivity index (χ2v) is 5.77. The van der Waals surface area contributed by atoms with Gasteiger partial charge < -0.3 is 5.32 Å². The van der Waals surface area contributed by atoms with Crippen LogP contribution in [0.3, 0.4) is 0 Å². The molecule has 0 spiro atoms. The van der Waals surface area contributed by atoms with E-state index in [1.165, 1.54) is 18.2 Å². The fourth-order valence-corrected chi connectivity index (χ4v) is 2.65. The zero-order valence-electron chi connectivity index (χ0n) is 12.3. The number of rotatable bonds is 5. The maximum absolute atomic E-state index is 13.4. The lowest BCUT2D eigenvalue weighted by molar-refractivity contribution is -0.388. The van der Waals surface area contributed by atoms with E-state index in [2.05, 4.69) is 5.32 Å². The Hall–Kier alpha value is -2.62. The Kier molecular flexibility index (Phi) is 5.62. The zero-order valence-corrected chi connectivity index (χ0v) is 13.2. The number of carbonyl (C=O) groups excluding carboxylic acids is 1. The highest BCUT2D eigenvalue weighted by Crippen LogP contribution is 2.36. The van der Waals surface area contributed by atoms with Crippen molar-refractivity contribution in [1.82, 2.24) is 0 Å². The van der Waals surface area contributed by atoms with Gasteiger partial charge in [0.15, 0.2) is 0 Å². The molecule has 132 valence electrons. The third-order valence-electron chi connectivity index (χ3n) is 2.99. The van der Waals surface area contributed by atoms with Crippen LogP contribution in [0.25, 0.3) is 0 Å². The van der Waals surface area contributed by atoms with Crippen molar-refractivity contribution in [1.29, 1.82) is 0 Å². The Morgan fingerprint density at radius 3 is 2.48 bits per heavy atom. The van der Waals surface area contributed by atoms with Crippen LogP contribution in [0.4, 0.5) is 28.9 Å². The van der Waals surface area contributed by atoms with Crippen LogP contribution >= 0.6 is 11.8 Å². The molecule has 0 bridgehead atoms. The van der Waals surface area contributed by atoms with E-state index in [1.807, 2.05) is 0 Å². The minimum absolute atomic E-state index is 0.0602. The number of thioether (sulfide) groups is 1. The summed E-state index contributed by atoms with van der Waals surface area (Å²) in [6.07, 6.45) is -4.71. The molecule has 0 atom stereocenters. The second-order valence-electron chi connectivity index (χ2n) is 4.75. The van der Waals surface area contributed by atoms with E-state index >= 15 is 0 Å². The van der Waals surface area contributed by atoms with Gasteiger partial charge in [-0.05, 0) is 24.3 Å². The summed E-state index contributed by atoms with van der Waals surface area (Å²) in [7, 11) is 0. The fraction of sp³-hybridized carbons (Fsp3) is 0.133. The second kappa shape index (κ2) is 7.51. The molecular formula is C15H10F4N2O3S. The third-order valence-corrected chi connectivity index (χ3v) is 4.05. The van der Waals surface area contributed by atoms with E-state index in [0.29, 0.717) is 23.9 Å². The van der Waals surface area contributed by atoms with Gasteiger partial charge in [-0.1, -0.05) is 12.1 Å². The number of anilines is 1. The first kappa shape index (κ1) is 18.7. The predicted molar refractivity (Wildman–Crippen MR) is 83.9 cm³/mol. The molecule has 2 rings (SSSR count). The molecule has 1 amide bonds. The summed E-state index contributed by atoms with van der Waals surface area (Å²) in [5.41, 5.74) is -1.96. The molecule has 0 saturated carbocycles. The molecular weight excluding hydrogens is 364 g/mol. The summed E-state index contributed by atoms with van der Waals surface area (Å²) in [5.74, 6) is -1.63. The van der Waals surface area contributed by atoms with Crippen molar-refractivity contribution < 1.29 is 27.3 Å². The normalized spacial score (nSPS) is 11.2. The smallest absolute Gasteiger partial charge is 0.323 e. The summed E-state index contributed by atoms with van der Waals surface area (Å²) in [4.78, 5) is 21.7. The van der Waals surface area contributed by atoms with Gasteiger partial charge in [0.2, 0.25) is 5.91 Å². The van der Waals surface area contributed by atoms with Crippen molar-refractivity contribution in [3.8, 4) is 0 Å². The van der Waals surface area contributed by atoms with E-state index < -0.39 is 34.1 Å². The van der Waals surface area contributed by atoms with Gasteiger partial charge in [0.05, 0.1) is 26.8 Å². The van der Waals surface area contributed by atoms with Gasteiger partial charge in [-0.3, -0.25) is 14.9 Å². The molecule has 2 aromatic rings. The molecule has 1 N–H and O–H groups in total. The molecule has 0 heterocycles. The van der Waals surface area contributed by atoms with E-state index in [0.717, 1.165) is 12.1 Å². The summed E-state index contributed by atoms with van der Waals surface area (Å²) in [5, 5.41) is 13.2. The van der Waals surface area contributed by atoms with Crippen molar-refractivity contribution in [2.75, 3.05) is 11.1 Å². The highest BCUT2D eigenvalue weighted by atomic mass is 32.2. The van der Waals surface area contributed by atoms with Gasteiger partial charge in [-0.15, -0.1) is 11.8 Å². The zero-order chi connectivity index (χ0) is 18.6. The molecule has 0 aliphatic rings. The van der Waals surface area contributed by atoms with Gasteiger partial charge >= 0.3 is 6.18 Å². The number of carbonyl (C=O) groups is 1. The molecule has 0 unspecified atom stereocenters. The minimum Gasteiger partial charge on any atom is -0.323 e. The number of halogens is 4. The SMILES string of the molecule is O=C(CSc1ccc(C(F)(F)F)cc1[N+](=O)[O-])Nc1ccccc1F. The van der Waals surface area contributed by atoms with Crippen molar-refractivity contribution in [2.24, 2.45) is 0 Å². The molecule has 10 heteroatoms. The van der Waals surface area contributed by atoms with E-state index in [9.17, 15) is 32.5 Å². The number of nitrogens with zero attached hydrogens (tertiary/aromatic N) is 1. The van der Waals surface area contributed by atoms with Crippen LogP contribution in [0.15, 0.2) is 47.4 Å². The molecule has 0 aliphatic carbocycles. The fourth-order valence-electron chi connectivity index (χ4n) is 1.85. The third kappa shape index (κ3) is 4.92. The highest BCUT2D eigenvalue weighted by molar-refractivity contribution is 8.00. The first-order valence-corrected chi connectivity index (χ1v) is 7.70. The molecule has 0 saturated heterocycles. The number of benzene rings is 2. The number of alkyl halides is 3. The van der Waals surface area contributed by atoms with Crippen LogP contribution in [0.5, 0.6) is 0 Å². The molecule has 0 aromatic heterocycles. The Bertz CT molecular complexity index is 812. The lowest BCUT2D eigenvalue weighted by Crippen LogP contribution is -2.15. The van der Waals surface area contributed by atoms with Crippen LogP contribution in [-0.4, -0.2) is 16.6 Å². The largest absolute Gasteiger partial charge is 0.416 e. The summed E-state index contributed by atoms with van der Waals surface area (Å²) >= 11 is 0.684. The number of hydrogen-bond acceptors (Lipinski definition) is 4. The average molecular weight is 374 g/mol. The van der Waals surface area contributed by atoms with Crippen molar-refractivity contribution in [2.45, 2.75) is 11.1 Å². The Morgan fingerprint density at radius 1 is 1.20 bits per heavy atom. The number of hydrogen-bond donors (Lipinski definition) is 1. The average Bonchev–Trinajstić information content (AvgIpc) is 2.54. The number of amides is 1. The highest BCUT2D eigenvalue weighted by Gasteiger charge is 2.33. The van der Waals surface area contributed by atoms with E-state index in [1.54, 1.807) is 0 Å². The topological polar surface area (TPSA) is 72.2 Å². The molecule has 0 aliphatic heterocycles. The number of nitro groups is 1. The summed E-state index contributed by atoms with van der Waals surface area (Å²) in [6.45, 7) is 0. The van der Waals surface area contributed by atoms with Gasteiger partial charge in [0.1, 0.15) is 5.82 Å². The van der Waals surface area contributed by atoms with Crippen LogP contribution in [0.2, 0.25) is 0 Å². The van der Waals surface area contributed by atoms with Gasteiger partial charge in [-0.25, -0.2) is 4.39 Å². The lowest BCUT2D eigenvalue weighted by Gasteiger charge is -2.09.